The summed E-state index contributed by atoms with van der Waals surface area (Å²) in [6.07, 6.45) is 0. The number of imide groups is 1. The fraction of sp³-hybridized carbons (Fsp3) is 0.238. The van der Waals surface area contributed by atoms with Gasteiger partial charge in [0.25, 0.3) is 11.8 Å². The Morgan fingerprint density at radius 3 is 2.31 bits per heavy atom. The van der Waals surface area contributed by atoms with Crippen molar-refractivity contribution in [2.45, 2.75) is 13.8 Å². The molecular weight excluding hydrogens is 328 g/mol. The number of aliphatic hydroxyl groups is 1. The molecule has 1 aliphatic rings. The van der Waals surface area contributed by atoms with Crippen LogP contribution in [0.4, 0.5) is 5.69 Å². The zero-order chi connectivity index (χ0) is 18.8. The molecule has 3 rings (SSSR count). The van der Waals surface area contributed by atoms with E-state index >= 15 is 0 Å². The minimum atomic E-state index is -0.364. The number of amides is 2. The average Bonchev–Trinajstić information content (AvgIpc) is 2.87. The molecular formula is C21H22N2O3. The van der Waals surface area contributed by atoms with Crippen LogP contribution in [-0.2, 0) is 9.59 Å². The van der Waals surface area contributed by atoms with Crippen molar-refractivity contribution in [3.8, 4) is 0 Å². The number of anilines is 1. The standard InChI is InChI=1S/C21H22N2O3/c1-14-9-10-17(15(2)13-14)23-20(25)18(16-7-5-4-6-8-16)19(21(23)26)22(3)11-12-24/h4-10,13,24H,11-12H2,1-3H3. The molecule has 0 radical (unpaired) electrons. The van der Waals surface area contributed by atoms with Crippen molar-refractivity contribution in [1.29, 1.82) is 0 Å². The SMILES string of the molecule is Cc1ccc(N2C(=O)C(c3ccccc3)=C(N(C)CCO)C2=O)c(C)c1. The molecule has 0 saturated carbocycles. The maximum Gasteiger partial charge on any atom is 0.282 e. The highest BCUT2D eigenvalue weighted by Crippen LogP contribution is 2.35. The first kappa shape index (κ1) is 17.9. The molecule has 5 nitrogen and oxygen atoms in total. The van der Waals surface area contributed by atoms with E-state index in [0.29, 0.717) is 22.5 Å². The zero-order valence-electron chi connectivity index (χ0n) is 15.2. The van der Waals surface area contributed by atoms with Crippen LogP contribution in [0.5, 0.6) is 0 Å². The molecule has 0 unspecified atom stereocenters. The van der Waals surface area contributed by atoms with Gasteiger partial charge >= 0.3 is 0 Å². The molecule has 1 heterocycles. The van der Waals surface area contributed by atoms with Gasteiger partial charge in [0.1, 0.15) is 5.70 Å². The fourth-order valence-corrected chi connectivity index (χ4v) is 3.27. The van der Waals surface area contributed by atoms with Gasteiger partial charge in [-0.15, -0.1) is 0 Å². The van der Waals surface area contributed by atoms with Gasteiger partial charge in [-0.1, -0.05) is 48.0 Å². The topological polar surface area (TPSA) is 60.9 Å². The van der Waals surface area contributed by atoms with Crippen LogP contribution in [0.2, 0.25) is 0 Å². The van der Waals surface area contributed by atoms with E-state index in [2.05, 4.69) is 0 Å². The summed E-state index contributed by atoms with van der Waals surface area (Å²) in [5, 5.41) is 9.29. The Kier molecular flexibility index (Phi) is 4.91. The Hall–Kier alpha value is -2.92. The number of hydrogen-bond acceptors (Lipinski definition) is 4. The Morgan fingerprint density at radius 1 is 1.00 bits per heavy atom. The summed E-state index contributed by atoms with van der Waals surface area (Å²) in [6.45, 7) is 4.03. The van der Waals surface area contributed by atoms with Crippen molar-refractivity contribution in [3.63, 3.8) is 0 Å². The molecule has 5 heteroatoms. The molecule has 0 aromatic heterocycles. The van der Waals surface area contributed by atoms with E-state index in [4.69, 9.17) is 0 Å². The van der Waals surface area contributed by atoms with E-state index in [9.17, 15) is 14.7 Å². The van der Waals surface area contributed by atoms with E-state index < -0.39 is 0 Å². The Labute approximate surface area is 153 Å². The molecule has 0 fully saturated rings. The predicted molar refractivity (Wildman–Crippen MR) is 101 cm³/mol. The van der Waals surface area contributed by atoms with Crippen LogP contribution in [0.25, 0.3) is 5.57 Å². The number of aliphatic hydroxyl groups excluding tert-OH is 1. The summed E-state index contributed by atoms with van der Waals surface area (Å²) >= 11 is 0. The highest BCUT2D eigenvalue weighted by molar-refractivity contribution is 6.45. The van der Waals surface area contributed by atoms with E-state index in [0.717, 1.165) is 11.1 Å². The van der Waals surface area contributed by atoms with Crippen LogP contribution >= 0.6 is 0 Å². The molecule has 2 amide bonds. The van der Waals surface area contributed by atoms with Gasteiger partial charge in [-0.2, -0.15) is 0 Å². The first-order valence-corrected chi connectivity index (χ1v) is 8.53. The van der Waals surface area contributed by atoms with Gasteiger partial charge in [0.2, 0.25) is 0 Å². The summed E-state index contributed by atoms with van der Waals surface area (Å²) in [4.78, 5) is 29.3. The Bertz CT molecular complexity index is 887. The Morgan fingerprint density at radius 2 is 1.69 bits per heavy atom. The summed E-state index contributed by atoms with van der Waals surface area (Å²) in [5.74, 6) is -0.704. The quantitative estimate of drug-likeness (QED) is 0.842. The van der Waals surface area contributed by atoms with E-state index in [1.807, 2.05) is 56.3 Å². The molecule has 1 aliphatic heterocycles. The average molecular weight is 350 g/mol. The summed E-state index contributed by atoms with van der Waals surface area (Å²) in [6, 6.07) is 14.8. The molecule has 2 aromatic rings. The smallest absolute Gasteiger partial charge is 0.282 e. The van der Waals surface area contributed by atoms with Crippen LogP contribution in [0.1, 0.15) is 16.7 Å². The number of nitrogens with zero attached hydrogens (tertiary/aromatic N) is 2. The maximum atomic E-state index is 13.2. The van der Waals surface area contributed by atoms with Gasteiger partial charge in [0, 0.05) is 13.6 Å². The number of carbonyl (C=O) groups is 2. The first-order valence-electron chi connectivity index (χ1n) is 8.53. The van der Waals surface area contributed by atoms with Gasteiger partial charge in [-0.05, 0) is 31.0 Å². The lowest BCUT2D eigenvalue weighted by Gasteiger charge is -2.21. The minimum Gasteiger partial charge on any atom is -0.395 e. The lowest BCUT2D eigenvalue weighted by molar-refractivity contribution is -0.120. The van der Waals surface area contributed by atoms with Gasteiger partial charge in [0.05, 0.1) is 17.9 Å². The maximum absolute atomic E-state index is 13.2. The van der Waals surface area contributed by atoms with Crippen molar-refractivity contribution in [3.05, 3.63) is 70.9 Å². The third-order valence-electron chi connectivity index (χ3n) is 4.53. The second kappa shape index (κ2) is 7.14. The molecule has 0 aliphatic carbocycles. The normalized spacial score (nSPS) is 14.4. The molecule has 134 valence electrons. The summed E-state index contributed by atoms with van der Waals surface area (Å²) in [5.41, 5.74) is 3.90. The molecule has 0 bridgehead atoms. The minimum absolute atomic E-state index is 0.104. The number of benzene rings is 2. The predicted octanol–water partition coefficient (Wildman–Crippen LogP) is 2.51. The molecule has 0 spiro atoms. The number of rotatable bonds is 5. The van der Waals surface area contributed by atoms with Gasteiger partial charge in [-0.3, -0.25) is 9.59 Å². The lowest BCUT2D eigenvalue weighted by atomic mass is 10.0. The van der Waals surface area contributed by atoms with Crippen molar-refractivity contribution >= 4 is 23.1 Å². The fourth-order valence-electron chi connectivity index (χ4n) is 3.27. The molecule has 26 heavy (non-hydrogen) atoms. The number of aryl methyl sites for hydroxylation is 2. The zero-order valence-corrected chi connectivity index (χ0v) is 15.2. The monoisotopic (exact) mass is 350 g/mol. The van der Waals surface area contributed by atoms with Crippen LogP contribution in [0.15, 0.2) is 54.2 Å². The van der Waals surface area contributed by atoms with Crippen molar-refractivity contribution in [1.82, 2.24) is 4.90 Å². The molecule has 0 saturated heterocycles. The van der Waals surface area contributed by atoms with Gasteiger partial charge < -0.3 is 10.0 Å². The van der Waals surface area contributed by atoms with Crippen molar-refractivity contribution in [2.24, 2.45) is 0 Å². The summed E-state index contributed by atoms with van der Waals surface area (Å²) < 4.78 is 0. The molecule has 0 atom stereocenters. The van der Waals surface area contributed by atoms with Gasteiger partial charge in [0.15, 0.2) is 0 Å². The molecule has 1 N–H and O–H groups in total. The van der Waals surface area contributed by atoms with E-state index in [1.54, 1.807) is 18.0 Å². The van der Waals surface area contributed by atoms with Crippen molar-refractivity contribution in [2.75, 3.05) is 25.1 Å². The summed E-state index contributed by atoms with van der Waals surface area (Å²) in [7, 11) is 1.71. The van der Waals surface area contributed by atoms with Crippen LogP contribution in [-0.4, -0.2) is 42.0 Å². The van der Waals surface area contributed by atoms with Crippen LogP contribution in [0, 0.1) is 13.8 Å². The second-order valence-electron chi connectivity index (χ2n) is 6.47. The van der Waals surface area contributed by atoms with E-state index in [1.165, 1.54) is 4.90 Å². The molecule has 2 aromatic carbocycles. The number of hydrogen-bond donors (Lipinski definition) is 1. The second-order valence-corrected chi connectivity index (χ2v) is 6.47. The third-order valence-corrected chi connectivity index (χ3v) is 4.53. The third kappa shape index (κ3) is 3.02. The largest absolute Gasteiger partial charge is 0.395 e. The lowest BCUT2D eigenvalue weighted by Crippen LogP contribution is -2.35. The Balaban J connectivity index is 2.14. The highest BCUT2D eigenvalue weighted by Gasteiger charge is 2.42. The van der Waals surface area contributed by atoms with Crippen molar-refractivity contribution < 1.29 is 14.7 Å². The highest BCUT2D eigenvalue weighted by atomic mass is 16.3. The number of likely N-dealkylation sites (N-methyl/N-ethyl adjacent to an activating group) is 1. The van der Waals surface area contributed by atoms with E-state index in [-0.39, 0.29) is 25.0 Å². The first-order chi connectivity index (χ1) is 12.5. The van der Waals surface area contributed by atoms with Crippen LogP contribution in [0.3, 0.4) is 0 Å². The van der Waals surface area contributed by atoms with Crippen LogP contribution < -0.4 is 4.90 Å². The number of carbonyl (C=O) groups excluding carboxylic acids is 2. The van der Waals surface area contributed by atoms with Gasteiger partial charge in [-0.25, -0.2) is 4.90 Å².